The van der Waals surface area contributed by atoms with E-state index in [0.717, 1.165) is 5.56 Å². The molecular formula is C20H18FN3O3. The number of nitrogens with zero attached hydrogens (tertiary/aromatic N) is 2. The summed E-state index contributed by atoms with van der Waals surface area (Å²) in [6.07, 6.45) is 1.31. The van der Waals surface area contributed by atoms with Gasteiger partial charge < -0.3 is 10.1 Å². The molecule has 1 N–H and O–H groups in total. The fourth-order valence-electron chi connectivity index (χ4n) is 2.52. The summed E-state index contributed by atoms with van der Waals surface area (Å²) in [5.41, 5.74) is 1.58. The molecule has 0 unspecified atom stereocenters. The number of aromatic nitrogens is 2. The minimum atomic E-state index is -0.361. The summed E-state index contributed by atoms with van der Waals surface area (Å²) >= 11 is 0. The van der Waals surface area contributed by atoms with E-state index in [2.05, 4.69) is 10.3 Å². The number of carbonyl (C=O) groups excluding carboxylic acids is 1. The Morgan fingerprint density at radius 3 is 2.67 bits per heavy atom. The van der Waals surface area contributed by atoms with Gasteiger partial charge in [0.05, 0.1) is 19.1 Å². The van der Waals surface area contributed by atoms with Gasteiger partial charge in [-0.05, 0) is 42.0 Å². The molecule has 0 aliphatic carbocycles. The predicted octanol–water partition coefficient (Wildman–Crippen LogP) is 2.37. The molecule has 0 atom stereocenters. The van der Waals surface area contributed by atoms with Crippen molar-refractivity contribution in [1.29, 1.82) is 0 Å². The second kappa shape index (κ2) is 8.27. The lowest BCUT2D eigenvalue weighted by Gasteiger charge is -2.09. The molecule has 0 fully saturated rings. The molecule has 3 rings (SSSR count). The predicted molar refractivity (Wildman–Crippen MR) is 98.7 cm³/mol. The van der Waals surface area contributed by atoms with E-state index in [1.54, 1.807) is 19.2 Å². The molecule has 1 heterocycles. The number of rotatable bonds is 6. The zero-order valence-electron chi connectivity index (χ0n) is 14.7. The number of hydrogen-bond acceptors (Lipinski definition) is 4. The molecular weight excluding hydrogens is 349 g/mol. The van der Waals surface area contributed by atoms with E-state index in [1.165, 1.54) is 29.1 Å². The molecule has 1 amide bonds. The van der Waals surface area contributed by atoms with Crippen molar-refractivity contribution in [3.63, 3.8) is 0 Å². The highest BCUT2D eigenvalue weighted by atomic mass is 19.1. The summed E-state index contributed by atoms with van der Waals surface area (Å²) in [7, 11) is 1.58. The summed E-state index contributed by atoms with van der Waals surface area (Å²) < 4.78 is 19.3. The number of halogens is 1. The minimum absolute atomic E-state index is 0.139. The van der Waals surface area contributed by atoms with Gasteiger partial charge in [0.2, 0.25) is 5.91 Å². The smallest absolute Gasteiger partial charge is 0.254 e. The molecule has 0 aliphatic rings. The molecule has 3 aromatic rings. The zero-order chi connectivity index (χ0) is 19.2. The Balaban J connectivity index is 1.64. The van der Waals surface area contributed by atoms with Gasteiger partial charge in [0.25, 0.3) is 5.56 Å². The Morgan fingerprint density at radius 1 is 1.19 bits per heavy atom. The number of benzene rings is 2. The van der Waals surface area contributed by atoms with Crippen molar-refractivity contribution in [2.75, 3.05) is 7.11 Å². The first kappa shape index (κ1) is 18.3. The van der Waals surface area contributed by atoms with Crippen molar-refractivity contribution >= 4 is 5.91 Å². The van der Waals surface area contributed by atoms with Crippen molar-refractivity contribution in [2.24, 2.45) is 0 Å². The molecule has 0 bridgehead atoms. The fraction of sp³-hybridized carbons (Fsp3) is 0.150. The van der Waals surface area contributed by atoms with Crippen LogP contribution in [0.25, 0.3) is 11.3 Å². The first-order valence-corrected chi connectivity index (χ1v) is 8.27. The Bertz CT molecular complexity index is 1000. The molecule has 7 heteroatoms. The third-order valence-electron chi connectivity index (χ3n) is 3.96. The normalized spacial score (nSPS) is 10.4. The molecule has 0 radical (unpaired) electrons. The second-order valence-electron chi connectivity index (χ2n) is 5.88. The Labute approximate surface area is 155 Å². The van der Waals surface area contributed by atoms with Crippen LogP contribution >= 0.6 is 0 Å². The van der Waals surface area contributed by atoms with Crippen LogP contribution in [0.1, 0.15) is 5.56 Å². The van der Waals surface area contributed by atoms with Crippen LogP contribution in [0.15, 0.2) is 65.7 Å². The molecule has 0 aliphatic heterocycles. The van der Waals surface area contributed by atoms with E-state index >= 15 is 0 Å². The van der Waals surface area contributed by atoms with Gasteiger partial charge in [0.1, 0.15) is 18.1 Å². The summed E-state index contributed by atoms with van der Waals surface area (Å²) in [4.78, 5) is 28.5. The fourth-order valence-corrected chi connectivity index (χ4v) is 2.52. The molecule has 0 saturated heterocycles. The van der Waals surface area contributed by atoms with Crippen LogP contribution in [-0.2, 0) is 17.9 Å². The lowest BCUT2D eigenvalue weighted by atomic mass is 10.1. The van der Waals surface area contributed by atoms with Crippen LogP contribution in [0.3, 0.4) is 0 Å². The second-order valence-corrected chi connectivity index (χ2v) is 5.88. The van der Waals surface area contributed by atoms with Gasteiger partial charge in [-0.1, -0.05) is 12.1 Å². The average Bonchev–Trinajstić information content (AvgIpc) is 2.69. The lowest BCUT2D eigenvalue weighted by Crippen LogP contribution is -2.31. The third kappa shape index (κ3) is 4.78. The summed E-state index contributed by atoms with van der Waals surface area (Å²) in [5, 5.41) is 2.75. The van der Waals surface area contributed by atoms with Crippen molar-refractivity contribution < 1.29 is 13.9 Å². The maximum Gasteiger partial charge on any atom is 0.254 e. The van der Waals surface area contributed by atoms with Crippen LogP contribution < -0.4 is 15.6 Å². The molecule has 0 spiro atoms. The Morgan fingerprint density at radius 2 is 1.96 bits per heavy atom. The Hall–Kier alpha value is -3.48. The van der Waals surface area contributed by atoms with E-state index in [1.807, 2.05) is 24.3 Å². The number of hydrogen-bond donors (Lipinski definition) is 1. The van der Waals surface area contributed by atoms with Gasteiger partial charge in [0, 0.05) is 18.2 Å². The van der Waals surface area contributed by atoms with E-state index in [0.29, 0.717) is 23.6 Å². The van der Waals surface area contributed by atoms with E-state index in [9.17, 15) is 14.0 Å². The van der Waals surface area contributed by atoms with Crippen molar-refractivity contribution in [1.82, 2.24) is 14.9 Å². The van der Waals surface area contributed by atoms with Gasteiger partial charge in [-0.25, -0.2) is 9.37 Å². The number of ether oxygens (including phenoxy) is 1. The van der Waals surface area contributed by atoms with Gasteiger partial charge in [-0.3, -0.25) is 14.2 Å². The van der Waals surface area contributed by atoms with Gasteiger partial charge in [-0.15, -0.1) is 0 Å². The monoisotopic (exact) mass is 367 g/mol. The molecule has 6 nitrogen and oxygen atoms in total. The quantitative estimate of drug-likeness (QED) is 0.726. The van der Waals surface area contributed by atoms with E-state index in [4.69, 9.17) is 4.74 Å². The first-order valence-electron chi connectivity index (χ1n) is 8.27. The van der Waals surface area contributed by atoms with Crippen molar-refractivity contribution in [2.45, 2.75) is 13.1 Å². The van der Waals surface area contributed by atoms with Crippen LogP contribution in [0.4, 0.5) is 4.39 Å². The molecule has 138 valence electrons. The van der Waals surface area contributed by atoms with Crippen LogP contribution in [0, 0.1) is 5.82 Å². The SMILES string of the molecule is COc1cccc(CNC(=O)Cn2cnc(-c3ccc(F)cc3)cc2=O)c1. The van der Waals surface area contributed by atoms with Crippen LogP contribution in [-0.4, -0.2) is 22.6 Å². The van der Waals surface area contributed by atoms with Crippen LogP contribution in [0.5, 0.6) is 5.75 Å². The molecule has 2 aromatic carbocycles. The Kier molecular flexibility index (Phi) is 5.61. The highest BCUT2D eigenvalue weighted by Gasteiger charge is 2.08. The lowest BCUT2D eigenvalue weighted by molar-refractivity contribution is -0.121. The number of amides is 1. The average molecular weight is 367 g/mol. The standard InChI is InChI=1S/C20H18FN3O3/c1-27-17-4-2-3-14(9-17)11-22-19(25)12-24-13-23-18(10-20(24)26)15-5-7-16(21)8-6-15/h2-10,13H,11-12H2,1H3,(H,22,25). The summed E-state index contributed by atoms with van der Waals surface area (Å²) in [6.45, 7) is 0.186. The highest BCUT2D eigenvalue weighted by Crippen LogP contribution is 2.15. The summed E-state index contributed by atoms with van der Waals surface area (Å²) in [5.74, 6) is 0.0367. The van der Waals surface area contributed by atoms with Crippen molar-refractivity contribution in [3.8, 4) is 17.0 Å². The van der Waals surface area contributed by atoms with E-state index < -0.39 is 0 Å². The molecule has 1 aromatic heterocycles. The molecule has 27 heavy (non-hydrogen) atoms. The molecule has 0 saturated carbocycles. The van der Waals surface area contributed by atoms with E-state index in [-0.39, 0.29) is 23.8 Å². The maximum atomic E-state index is 13.0. The van der Waals surface area contributed by atoms with Gasteiger partial charge >= 0.3 is 0 Å². The third-order valence-corrected chi connectivity index (χ3v) is 3.96. The minimum Gasteiger partial charge on any atom is -0.497 e. The largest absolute Gasteiger partial charge is 0.497 e. The number of nitrogens with one attached hydrogen (secondary N) is 1. The maximum absolute atomic E-state index is 13.0. The van der Waals surface area contributed by atoms with Gasteiger partial charge in [0.15, 0.2) is 0 Å². The number of methoxy groups -OCH3 is 1. The summed E-state index contributed by atoms with van der Waals surface area (Å²) in [6, 6.07) is 14.4. The van der Waals surface area contributed by atoms with Crippen molar-refractivity contribution in [3.05, 3.63) is 82.7 Å². The van der Waals surface area contributed by atoms with Crippen LogP contribution in [0.2, 0.25) is 0 Å². The number of carbonyl (C=O) groups is 1. The highest BCUT2D eigenvalue weighted by molar-refractivity contribution is 5.75. The first-order chi connectivity index (χ1) is 13.0. The zero-order valence-corrected chi connectivity index (χ0v) is 14.7. The van der Waals surface area contributed by atoms with Gasteiger partial charge in [-0.2, -0.15) is 0 Å². The topological polar surface area (TPSA) is 73.2 Å².